The van der Waals surface area contributed by atoms with Crippen LogP contribution >= 0.6 is 0 Å². The predicted octanol–water partition coefficient (Wildman–Crippen LogP) is 4.08. The molecule has 3 aromatic carbocycles. The number of aryl methyl sites for hydroxylation is 1. The molecular weight excluding hydrogens is 747 g/mol. The molecule has 1 saturated heterocycles. The molecule has 17 heteroatoms. The second-order valence-corrected chi connectivity index (χ2v) is 13.7. The number of nitrogens with one attached hydrogen (secondary N) is 3. The Hall–Kier alpha value is -7.69. The fourth-order valence-electron chi connectivity index (χ4n) is 6.92. The molecule has 292 valence electrons. The van der Waals surface area contributed by atoms with Crippen molar-refractivity contribution in [3.05, 3.63) is 114 Å². The molecule has 4 N–H and O–H groups in total. The van der Waals surface area contributed by atoms with E-state index in [9.17, 15) is 33.9 Å². The zero-order valence-corrected chi connectivity index (χ0v) is 30.8. The van der Waals surface area contributed by atoms with Crippen molar-refractivity contribution >= 4 is 52.7 Å². The van der Waals surface area contributed by atoms with Gasteiger partial charge in [-0.3, -0.25) is 43.3 Å². The van der Waals surface area contributed by atoms with Crippen LogP contribution in [0.3, 0.4) is 0 Å². The van der Waals surface area contributed by atoms with Crippen LogP contribution in [0.5, 0.6) is 5.75 Å². The maximum Gasteiger partial charge on any atom is 0.335 e. The van der Waals surface area contributed by atoms with Gasteiger partial charge < -0.3 is 20.5 Å². The number of aromatic carboxylic acids is 1. The highest BCUT2D eigenvalue weighted by molar-refractivity contribution is 6.24. The van der Waals surface area contributed by atoms with E-state index in [2.05, 4.69) is 26.3 Å². The van der Waals surface area contributed by atoms with Gasteiger partial charge in [0.2, 0.25) is 11.8 Å². The number of anilines is 2. The number of benzene rings is 3. The first-order valence-electron chi connectivity index (χ1n) is 18.5. The fraction of sp³-hybridized carbons (Fsp3) is 0.195. The smallest absolute Gasteiger partial charge is 0.335 e. The number of carbonyl (C=O) groups is 6. The lowest BCUT2D eigenvalue weighted by Gasteiger charge is -2.27. The number of ether oxygens (including phenoxy) is 1. The molecule has 1 unspecified atom stereocenters. The lowest BCUT2D eigenvalue weighted by molar-refractivity contribution is -0.136. The van der Waals surface area contributed by atoms with E-state index in [-0.39, 0.29) is 35.3 Å². The fourth-order valence-corrected chi connectivity index (χ4v) is 6.92. The molecule has 0 spiro atoms. The Bertz CT molecular complexity index is 2600. The van der Waals surface area contributed by atoms with Crippen molar-refractivity contribution in [1.29, 1.82) is 0 Å². The Morgan fingerprint density at radius 3 is 2.50 bits per heavy atom. The number of rotatable bonds is 14. The van der Waals surface area contributed by atoms with E-state index < -0.39 is 48.2 Å². The number of pyridine rings is 1. The molecular formula is C41H35N9O8. The van der Waals surface area contributed by atoms with Gasteiger partial charge in [0.15, 0.2) is 6.61 Å². The van der Waals surface area contributed by atoms with Crippen molar-refractivity contribution in [2.45, 2.75) is 38.3 Å². The third-order valence-electron chi connectivity index (χ3n) is 9.83. The van der Waals surface area contributed by atoms with Gasteiger partial charge in [-0.05, 0) is 67.8 Å². The van der Waals surface area contributed by atoms with Crippen molar-refractivity contribution in [3.8, 4) is 28.3 Å². The molecule has 3 aromatic heterocycles. The number of carbonyl (C=O) groups excluding carboxylic acids is 5. The monoisotopic (exact) mass is 781 g/mol. The first kappa shape index (κ1) is 37.2. The summed E-state index contributed by atoms with van der Waals surface area (Å²) in [5.41, 5.74) is 4.69. The lowest BCUT2D eigenvalue weighted by atomic mass is 10.0. The highest BCUT2D eigenvalue weighted by Gasteiger charge is 2.46. The number of hydrogen-bond acceptors (Lipinski definition) is 11. The van der Waals surface area contributed by atoms with Gasteiger partial charge in [0.05, 0.1) is 22.9 Å². The number of carboxylic acids is 1. The normalized spacial score (nSPS) is 15.0. The molecule has 17 nitrogen and oxygen atoms in total. The summed E-state index contributed by atoms with van der Waals surface area (Å²) in [6.45, 7) is 0.513. The molecule has 8 rings (SSSR count). The Balaban J connectivity index is 0.848. The largest absolute Gasteiger partial charge is 0.483 e. The minimum absolute atomic E-state index is 0.00527. The van der Waals surface area contributed by atoms with Crippen LogP contribution in [0.1, 0.15) is 56.8 Å². The van der Waals surface area contributed by atoms with Crippen LogP contribution in [0, 0.1) is 0 Å². The topological polar surface area (TPSA) is 219 Å². The van der Waals surface area contributed by atoms with E-state index in [1.54, 1.807) is 28.9 Å². The van der Waals surface area contributed by atoms with E-state index in [0.29, 0.717) is 48.8 Å². The summed E-state index contributed by atoms with van der Waals surface area (Å²) in [5, 5.41) is 26.3. The number of imidazole rings is 1. The summed E-state index contributed by atoms with van der Waals surface area (Å²) in [5.74, 6) is -3.20. The Morgan fingerprint density at radius 1 is 0.914 bits per heavy atom. The minimum atomic E-state index is -1.11. The minimum Gasteiger partial charge on any atom is -0.483 e. The molecule has 5 amide bonds. The first-order valence-corrected chi connectivity index (χ1v) is 18.5. The van der Waals surface area contributed by atoms with E-state index in [4.69, 9.17) is 9.72 Å². The molecule has 58 heavy (non-hydrogen) atoms. The average molecular weight is 782 g/mol. The van der Waals surface area contributed by atoms with Crippen molar-refractivity contribution in [2.75, 3.05) is 18.5 Å². The first-order chi connectivity index (χ1) is 28.1. The van der Waals surface area contributed by atoms with E-state index in [0.717, 1.165) is 21.7 Å². The summed E-state index contributed by atoms with van der Waals surface area (Å²) in [4.78, 5) is 80.0. The van der Waals surface area contributed by atoms with Gasteiger partial charge in [0.1, 0.15) is 34.6 Å². The number of nitrogens with zero attached hydrogens (tertiary/aromatic N) is 6. The number of piperidine rings is 1. The Kier molecular flexibility index (Phi) is 10.2. The van der Waals surface area contributed by atoms with Crippen LogP contribution in [-0.2, 0) is 20.9 Å². The van der Waals surface area contributed by atoms with Gasteiger partial charge in [-0.25, -0.2) is 9.78 Å². The Morgan fingerprint density at radius 2 is 1.72 bits per heavy atom. The highest BCUT2D eigenvalue weighted by Crippen LogP contribution is 2.35. The Labute approximate surface area is 329 Å². The standard InChI is InChI=1S/C41H35N9O8/c51-33-16-15-30(38(53)45-33)50-39(54)28-9-6-10-31(35(28)40(50)55)58-23-34(52)42-18-4-5-19-48-22-29(46-47-48)26-17-20-49-32(21-26)44-36(24-7-2-1-3-8-24)37(49)43-27-13-11-25(12-14-27)41(56)57/h1-3,6-14,17,20-22,30,43H,4-5,15-16,18-19,23H2,(H,42,52)(H,56,57)(H,45,51,53). The summed E-state index contributed by atoms with van der Waals surface area (Å²) < 4.78 is 9.31. The SMILES string of the molecule is O=C(COc1cccc2c1C(=O)N(C1CCC(=O)NC1=O)C2=O)NCCCCn1cc(-c2ccn3c(Nc4ccc(C(=O)O)cc4)c(-c4ccccc4)nc3c2)nn1. The summed E-state index contributed by atoms with van der Waals surface area (Å²) in [6.07, 6.45) is 5.09. The zero-order valence-electron chi connectivity index (χ0n) is 30.8. The molecule has 2 aliphatic rings. The maximum absolute atomic E-state index is 13.3. The second kappa shape index (κ2) is 15.8. The van der Waals surface area contributed by atoms with Gasteiger partial charge >= 0.3 is 5.97 Å². The van der Waals surface area contributed by atoms with Gasteiger partial charge in [-0.2, -0.15) is 0 Å². The molecule has 6 aromatic rings. The number of hydrogen-bond donors (Lipinski definition) is 4. The molecule has 1 fully saturated rings. The number of amides is 5. The number of unbranched alkanes of at least 4 members (excludes halogenated alkanes) is 1. The number of imide groups is 2. The molecule has 0 saturated carbocycles. The van der Waals surface area contributed by atoms with E-state index in [1.165, 1.54) is 18.2 Å². The zero-order chi connectivity index (χ0) is 40.3. The number of carboxylic acid groups (broad SMARTS) is 1. The number of fused-ring (bicyclic) bond motifs is 2. The van der Waals surface area contributed by atoms with Crippen molar-refractivity contribution in [1.82, 2.24) is 39.9 Å². The van der Waals surface area contributed by atoms with Gasteiger partial charge in [0, 0.05) is 42.5 Å². The van der Waals surface area contributed by atoms with Crippen molar-refractivity contribution < 1.29 is 38.6 Å². The van der Waals surface area contributed by atoms with Crippen LogP contribution in [0.4, 0.5) is 11.5 Å². The summed E-state index contributed by atoms with van der Waals surface area (Å²) in [7, 11) is 0. The quantitative estimate of drug-likeness (QED) is 0.0908. The maximum atomic E-state index is 13.3. The van der Waals surface area contributed by atoms with Crippen molar-refractivity contribution in [2.24, 2.45) is 0 Å². The lowest BCUT2D eigenvalue weighted by Crippen LogP contribution is -2.54. The molecule has 0 bridgehead atoms. The van der Waals surface area contributed by atoms with E-state index in [1.807, 2.05) is 59.3 Å². The third kappa shape index (κ3) is 7.47. The molecule has 5 heterocycles. The van der Waals surface area contributed by atoms with Gasteiger partial charge in [-0.1, -0.05) is 41.6 Å². The van der Waals surface area contributed by atoms with Gasteiger partial charge in [0.25, 0.3) is 17.7 Å². The molecule has 2 aliphatic heterocycles. The van der Waals surface area contributed by atoms with Crippen LogP contribution in [0.15, 0.2) is 97.3 Å². The van der Waals surface area contributed by atoms with Crippen LogP contribution in [0.25, 0.3) is 28.2 Å². The molecule has 0 aliphatic carbocycles. The summed E-state index contributed by atoms with van der Waals surface area (Å²) in [6, 6.07) is 23.4. The number of aromatic nitrogens is 5. The highest BCUT2D eigenvalue weighted by atomic mass is 16.5. The van der Waals surface area contributed by atoms with Gasteiger partial charge in [-0.15, -0.1) is 5.10 Å². The van der Waals surface area contributed by atoms with Crippen LogP contribution in [-0.4, -0.2) is 89.1 Å². The third-order valence-corrected chi connectivity index (χ3v) is 9.83. The van der Waals surface area contributed by atoms with Crippen LogP contribution < -0.4 is 20.7 Å². The average Bonchev–Trinajstić information content (AvgIpc) is 3.92. The second-order valence-electron chi connectivity index (χ2n) is 13.7. The van der Waals surface area contributed by atoms with E-state index >= 15 is 0 Å². The molecule has 1 atom stereocenters. The van der Waals surface area contributed by atoms with Crippen LogP contribution in [0.2, 0.25) is 0 Å². The summed E-state index contributed by atoms with van der Waals surface area (Å²) >= 11 is 0. The van der Waals surface area contributed by atoms with Crippen molar-refractivity contribution in [3.63, 3.8) is 0 Å². The molecule has 0 radical (unpaired) electrons. The predicted molar refractivity (Wildman–Crippen MR) is 207 cm³/mol.